The molecular formula is C14H25N3S. The zero-order chi connectivity index (χ0) is 13.9. The predicted molar refractivity (Wildman–Crippen MR) is 80.6 cm³/mol. The van der Waals surface area contributed by atoms with Crippen LogP contribution in [-0.4, -0.2) is 22.3 Å². The molecule has 18 heavy (non-hydrogen) atoms. The molecule has 1 aromatic rings. The molecule has 0 amide bonds. The molecule has 0 fully saturated rings. The Balaban J connectivity index is 3.23. The van der Waals surface area contributed by atoms with Crippen molar-refractivity contribution in [2.75, 3.05) is 12.4 Å². The molecule has 3 nitrogen and oxygen atoms in total. The third-order valence-corrected chi connectivity index (χ3v) is 4.25. The Labute approximate surface area is 115 Å². The van der Waals surface area contributed by atoms with E-state index in [9.17, 15) is 0 Å². The molecule has 0 bridgehead atoms. The fourth-order valence-corrected chi connectivity index (χ4v) is 2.42. The molecule has 1 aromatic heterocycles. The first-order valence-corrected chi connectivity index (χ1v) is 7.41. The van der Waals surface area contributed by atoms with Crippen LogP contribution in [0.5, 0.6) is 0 Å². The lowest BCUT2D eigenvalue weighted by Crippen LogP contribution is -2.18. The third kappa shape index (κ3) is 3.61. The summed E-state index contributed by atoms with van der Waals surface area (Å²) in [5.74, 6) is 1.85. The Morgan fingerprint density at radius 1 is 1.28 bits per heavy atom. The largest absolute Gasteiger partial charge is 0.373 e. The van der Waals surface area contributed by atoms with Crippen LogP contribution in [0.15, 0.2) is 5.03 Å². The Morgan fingerprint density at radius 2 is 1.89 bits per heavy atom. The average molecular weight is 267 g/mol. The first kappa shape index (κ1) is 15.3. The van der Waals surface area contributed by atoms with Gasteiger partial charge in [0.1, 0.15) is 16.7 Å². The highest BCUT2D eigenvalue weighted by Gasteiger charge is 2.21. The zero-order valence-corrected chi connectivity index (χ0v) is 13.4. The van der Waals surface area contributed by atoms with Gasteiger partial charge in [-0.3, -0.25) is 0 Å². The van der Waals surface area contributed by atoms with Gasteiger partial charge < -0.3 is 5.32 Å². The number of thioether (sulfide) groups is 1. The molecule has 1 unspecified atom stereocenters. The molecule has 0 spiro atoms. The van der Waals surface area contributed by atoms with Crippen LogP contribution in [0.1, 0.15) is 52.4 Å². The van der Waals surface area contributed by atoms with Crippen LogP contribution >= 0.6 is 11.8 Å². The smallest absolute Gasteiger partial charge is 0.137 e. The quantitative estimate of drug-likeness (QED) is 0.660. The lowest BCUT2D eigenvalue weighted by atomic mass is 9.95. The lowest BCUT2D eigenvalue weighted by molar-refractivity contribution is 0.538. The highest BCUT2D eigenvalue weighted by atomic mass is 32.2. The summed E-state index contributed by atoms with van der Waals surface area (Å²) in [5.41, 5.74) is 1.13. The van der Waals surface area contributed by atoms with Crippen molar-refractivity contribution < 1.29 is 0 Å². The van der Waals surface area contributed by atoms with Gasteiger partial charge in [0.25, 0.3) is 0 Å². The Hall–Kier alpha value is -0.770. The van der Waals surface area contributed by atoms with Crippen LogP contribution in [0.4, 0.5) is 5.82 Å². The van der Waals surface area contributed by atoms with Crippen LogP contribution in [0.25, 0.3) is 0 Å². The molecular weight excluding hydrogens is 242 g/mol. The van der Waals surface area contributed by atoms with Crippen molar-refractivity contribution in [2.45, 2.75) is 63.7 Å². The second-order valence-electron chi connectivity index (χ2n) is 5.66. The summed E-state index contributed by atoms with van der Waals surface area (Å²) < 4.78 is 0. The second kappa shape index (κ2) is 5.91. The molecule has 0 radical (unpaired) electrons. The molecule has 0 saturated carbocycles. The minimum atomic E-state index is -0.0237. The van der Waals surface area contributed by atoms with Gasteiger partial charge in [-0.2, -0.15) is 0 Å². The number of anilines is 1. The van der Waals surface area contributed by atoms with Crippen LogP contribution in [-0.2, 0) is 5.41 Å². The predicted octanol–water partition coefficient (Wildman–Crippen LogP) is 4.01. The van der Waals surface area contributed by atoms with Crippen LogP contribution in [0, 0.1) is 6.92 Å². The first-order valence-electron chi connectivity index (χ1n) is 6.53. The van der Waals surface area contributed by atoms with Crippen molar-refractivity contribution in [3.8, 4) is 0 Å². The summed E-state index contributed by atoms with van der Waals surface area (Å²) >= 11 is 1.84. The summed E-state index contributed by atoms with van der Waals surface area (Å²) in [6.45, 7) is 13.0. The van der Waals surface area contributed by atoms with E-state index in [1.165, 1.54) is 0 Å². The number of nitrogens with one attached hydrogen (secondary N) is 1. The maximum atomic E-state index is 4.75. The molecule has 4 heteroatoms. The molecule has 1 rings (SSSR count). The van der Waals surface area contributed by atoms with Gasteiger partial charge in [-0.05, 0) is 13.3 Å². The lowest BCUT2D eigenvalue weighted by Gasteiger charge is -2.21. The number of hydrogen-bond donors (Lipinski definition) is 1. The van der Waals surface area contributed by atoms with E-state index in [0.717, 1.165) is 28.7 Å². The van der Waals surface area contributed by atoms with E-state index in [-0.39, 0.29) is 5.41 Å². The van der Waals surface area contributed by atoms with Gasteiger partial charge in [0.2, 0.25) is 0 Å². The molecule has 0 aliphatic heterocycles. The molecule has 1 N–H and O–H groups in total. The van der Waals surface area contributed by atoms with Crippen molar-refractivity contribution in [3.63, 3.8) is 0 Å². The second-order valence-corrected chi connectivity index (χ2v) is 7.09. The number of aromatic nitrogens is 2. The molecule has 0 aromatic carbocycles. The minimum absolute atomic E-state index is 0.0237. The fraction of sp³-hybridized carbons (Fsp3) is 0.714. The summed E-state index contributed by atoms with van der Waals surface area (Å²) in [7, 11) is 1.92. The van der Waals surface area contributed by atoms with E-state index < -0.39 is 0 Å². The molecule has 0 saturated heterocycles. The summed E-state index contributed by atoms with van der Waals surface area (Å²) in [5, 5.41) is 4.86. The third-order valence-electron chi connectivity index (χ3n) is 2.90. The highest BCUT2D eigenvalue weighted by molar-refractivity contribution is 7.99. The monoisotopic (exact) mass is 267 g/mol. The highest BCUT2D eigenvalue weighted by Crippen LogP contribution is 2.31. The first-order chi connectivity index (χ1) is 8.29. The van der Waals surface area contributed by atoms with Gasteiger partial charge in [-0.15, -0.1) is 11.8 Å². The minimum Gasteiger partial charge on any atom is -0.373 e. The van der Waals surface area contributed by atoms with E-state index in [2.05, 4.69) is 51.8 Å². The number of nitrogens with zero attached hydrogens (tertiary/aromatic N) is 2. The fourth-order valence-electron chi connectivity index (χ4n) is 1.46. The maximum absolute atomic E-state index is 4.75. The van der Waals surface area contributed by atoms with Crippen molar-refractivity contribution in [1.29, 1.82) is 0 Å². The zero-order valence-electron chi connectivity index (χ0n) is 12.6. The average Bonchev–Trinajstić information content (AvgIpc) is 2.30. The van der Waals surface area contributed by atoms with E-state index in [0.29, 0.717) is 5.25 Å². The summed E-state index contributed by atoms with van der Waals surface area (Å²) in [4.78, 5) is 9.37. The number of rotatable bonds is 4. The standard InChI is InChI=1S/C14H25N3S/c1-8-9(2)18-12-10(3)11(15-7)16-13(17-12)14(4,5)6/h9H,8H2,1-7H3,(H,15,16,17). The van der Waals surface area contributed by atoms with Gasteiger partial charge in [0, 0.05) is 23.3 Å². The summed E-state index contributed by atoms with van der Waals surface area (Å²) in [6, 6.07) is 0. The number of hydrogen-bond acceptors (Lipinski definition) is 4. The van der Waals surface area contributed by atoms with Gasteiger partial charge in [0.15, 0.2) is 0 Å². The normalized spacial score (nSPS) is 13.5. The van der Waals surface area contributed by atoms with Crippen LogP contribution in [0.2, 0.25) is 0 Å². The molecule has 0 aliphatic carbocycles. The van der Waals surface area contributed by atoms with Gasteiger partial charge >= 0.3 is 0 Å². The van der Waals surface area contributed by atoms with Crippen molar-refractivity contribution in [1.82, 2.24) is 9.97 Å². The van der Waals surface area contributed by atoms with Gasteiger partial charge in [0.05, 0.1) is 0 Å². The van der Waals surface area contributed by atoms with Crippen LogP contribution in [0.3, 0.4) is 0 Å². The Kier molecular flexibility index (Phi) is 5.02. The van der Waals surface area contributed by atoms with E-state index in [4.69, 9.17) is 4.98 Å². The van der Waals surface area contributed by atoms with E-state index >= 15 is 0 Å². The van der Waals surface area contributed by atoms with Gasteiger partial charge in [-0.1, -0.05) is 34.6 Å². The Morgan fingerprint density at radius 3 is 2.33 bits per heavy atom. The topological polar surface area (TPSA) is 37.8 Å². The van der Waals surface area contributed by atoms with Crippen molar-refractivity contribution in [2.24, 2.45) is 0 Å². The Bertz CT molecular complexity index is 410. The SMILES string of the molecule is CCC(C)Sc1nc(C(C)(C)C)nc(NC)c1C. The molecule has 102 valence electrons. The van der Waals surface area contributed by atoms with Gasteiger partial charge in [-0.25, -0.2) is 9.97 Å². The molecule has 1 heterocycles. The van der Waals surface area contributed by atoms with E-state index in [1.807, 2.05) is 18.8 Å². The van der Waals surface area contributed by atoms with Crippen molar-refractivity contribution in [3.05, 3.63) is 11.4 Å². The molecule has 0 aliphatic rings. The molecule has 1 atom stereocenters. The summed E-state index contributed by atoms with van der Waals surface area (Å²) in [6.07, 6.45) is 1.15. The maximum Gasteiger partial charge on any atom is 0.137 e. The van der Waals surface area contributed by atoms with Crippen LogP contribution < -0.4 is 5.32 Å². The van der Waals surface area contributed by atoms with E-state index in [1.54, 1.807) is 0 Å². The van der Waals surface area contributed by atoms with Crippen molar-refractivity contribution >= 4 is 17.6 Å².